The van der Waals surface area contributed by atoms with Crippen LogP contribution < -0.4 is 5.32 Å². The molecule has 0 aromatic heterocycles. The lowest BCUT2D eigenvalue weighted by Crippen LogP contribution is -2.37. The number of rotatable bonds is 5. The van der Waals surface area contributed by atoms with Crippen LogP contribution in [0, 0.1) is 5.92 Å². The monoisotopic (exact) mass is 261 g/mol. The number of carboxylic acids is 1. The standard InChI is InChI=1S/C16H23NO2/c1-2-13-5-3-4-6-15(13)17-11-12-7-9-14(10-8-12)16(18)19/h7-10,13,15,17H,2-6,11H2,1H3,(H,18,19). The molecule has 104 valence electrons. The van der Waals surface area contributed by atoms with E-state index in [0.29, 0.717) is 11.6 Å². The van der Waals surface area contributed by atoms with Gasteiger partial charge < -0.3 is 10.4 Å². The van der Waals surface area contributed by atoms with Gasteiger partial charge >= 0.3 is 5.97 Å². The number of benzene rings is 1. The van der Waals surface area contributed by atoms with Gasteiger partial charge in [0, 0.05) is 12.6 Å². The summed E-state index contributed by atoms with van der Waals surface area (Å²) in [6, 6.07) is 7.79. The number of aromatic carboxylic acids is 1. The minimum absolute atomic E-state index is 0.354. The summed E-state index contributed by atoms with van der Waals surface area (Å²) >= 11 is 0. The summed E-state index contributed by atoms with van der Waals surface area (Å²) < 4.78 is 0. The molecule has 0 spiro atoms. The van der Waals surface area contributed by atoms with Gasteiger partial charge in [0.05, 0.1) is 5.56 Å². The number of carbonyl (C=O) groups is 1. The van der Waals surface area contributed by atoms with Crippen LogP contribution in [0.4, 0.5) is 0 Å². The average molecular weight is 261 g/mol. The molecule has 0 radical (unpaired) electrons. The topological polar surface area (TPSA) is 49.3 Å². The van der Waals surface area contributed by atoms with Crippen LogP contribution in [0.25, 0.3) is 0 Å². The minimum Gasteiger partial charge on any atom is -0.478 e. The van der Waals surface area contributed by atoms with E-state index in [0.717, 1.165) is 18.0 Å². The summed E-state index contributed by atoms with van der Waals surface area (Å²) in [5.74, 6) is -0.0649. The highest BCUT2D eigenvalue weighted by Gasteiger charge is 2.22. The first-order valence-corrected chi connectivity index (χ1v) is 7.26. The lowest BCUT2D eigenvalue weighted by Gasteiger charge is -2.31. The molecule has 2 unspecified atom stereocenters. The van der Waals surface area contributed by atoms with E-state index in [1.165, 1.54) is 32.1 Å². The summed E-state index contributed by atoms with van der Waals surface area (Å²) in [6.45, 7) is 3.10. The van der Waals surface area contributed by atoms with Crippen molar-refractivity contribution in [3.63, 3.8) is 0 Å². The van der Waals surface area contributed by atoms with Crippen LogP contribution in [0.2, 0.25) is 0 Å². The fourth-order valence-electron chi connectivity index (χ4n) is 2.98. The number of hydrogen-bond donors (Lipinski definition) is 2. The summed E-state index contributed by atoms with van der Waals surface area (Å²) in [6.07, 6.45) is 6.55. The van der Waals surface area contributed by atoms with Crippen molar-refractivity contribution in [2.24, 2.45) is 5.92 Å². The maximum Gasteiger partial charge on any atom is 0.335 e. The van der Waals surface area contributed by atoms with E-state index in [4.69, 9.17) is 5.11 Å². The molecule has 1 aliphatic carbocycles. The van der Waals surface area contributed by atoms with E-state index in [2.05, 4.69) is 12.2 Å². The van der Waals surface area contributed by atoms with Gasteiger partial charge in [-0.25, -0.2) is 4.79 Å². The Bertz CT molecular complexity index is 413. The molecule has 1 aliphatic rings. The second-order valence-electron chi connectivity index (χ2n) is 5.44. The Balaban J connectivity index is 1.88. The molecular formula is C16H23NO2. The summed E-state index contributed by atoms with van der Waals surface area (Å²) in [5.41, 5.74) is 1.51. The van der Waals surface area contributed by atoms with Crippen LogP contribution in [0.1, 0.15) is 54.9 Å². The van der Waals surface area contributed by atoms with Crippen LogP contribution in [-0.4, -0.2) is 17.1 Å². The van der Waals surface area contributed by atoms with E-state index in [-0.39, 0.29) is 0 Å². The first kappa shape index (κ1) is 14.1. The summed E-state index contributed by atoms with van der Waals surface area (Å²) in [7, 11) is 0. The molecule has 0 saturated heterocycles. The fraction of sp³-hybridized carbons (Fsp3) is 0.562. The largest absolute Gasteiger partial charge is 0.478 e. The molecule has 1 aromatic carbocycles. The van der Waals surface area contributed by atoms with Crippen LogP contribution in [0.5, 0.6) is 0 Å². The van der Waals surface area contributed by atoms with E-state index in [1.807, 2.05) is 12.1 Å². The average Bonchev–Trinajstić information content (AvgIpc) is 2.45. The molecule has 2 atom stereocenters. The third-order valence-electron chi connectivity index (χ3n) is 4.20. The third kappa shape index (κ3) is 3.80. The maximum atomic E-state index is 10.8. The SMILES string of the molecule is CCC1CCCCC1NCc1ccc(C(=O)O)cc1. The Hall–Kier alpha value is -1.35. The smallest absolute Gasteiger partial charge is 0.335 e. The second-order valence-corrected chi connectivity index (χ2v) is 5.44. The van der Waals surface area contributed by atoms with Gasteiger partial charge in [0.25, 0.3) is 0 Å². The third-order valence-corrected chi connectivity index (χ3v) is 4.20. The number of hydrogen-bond acceptors (Lipinski definition) is 2. The van der Waals surface area contributed by atoms with E-state index in [1.54, 1.807) is 12.1 Å². The van der Waals surface area contributed by atoms with Crippen molar-refractivity contribution in [1.29, 1.82) is 0 Å². The molecule has 0 bridgehead atoms. The first-order chi connectivity index (χ1) is 9.20. The highest BCUT2D eigenvalue weighted by Crippen LogP contribution is 2.27. The zero-order valence-electron chi connectivity index (χ0n) is 11.6. The van der Waals surface area contributed by atoms with Gasteiger partial charge in [-0.2, -0.15) is 0 Å². The molecule has 3 heteroatoms. The van der Waals surface area contributed by atoms with Gasteiger partial charge in [-0.3, -0.25) is 0 Å². The molecule has 19 heavy (non-hydrogen) atoms. The summed E-state index contributed by atoms with van der Waals surface area (Å²) in [4.78, 5) is 10.8. The predicted molar refractivity (Wildman–Crippen MR) is 76.3 cm³/mol. The molecule has 3 nitrogen and oxygen atoms in total. The normalized spacial score (nSPS) is 23.2. The van der Waals surface area contributed by atoms with Gasteiger partial charge in [0.2, 0.25) is 0 Å². The maximum absolute atomic E-state index is 10.8. The Morgan fingerprint density at radius 1 is 1.26 bits per heavy atom. The van der Waals surface area contributed by atoms with E-state index >= 15 is 0 Å². The zero-order chi connectivity index (χ0) is 13.7. The summed E-state index contributed by atoms with van der Waals surface area (Å²) in [5, 5.41) is 12.5. The van der Waals surface area contributed by atoms with Gasteiger partial charge in [-0.15, -0.1) is 0 Å². The van der Waals surface area contributed by atoms with Crippen LogP contribution in [-0.2, 0) is 6.54 Å². The lowest BCUT2D eigenvalue weighted by molar-refractivity contribution is 0.0697. The van der Waals surface area contributed by atoms with Gasteiger partial charge in [0.1, 0.15) is 0 Å². The molecule has 0 heterocycles. The highest BCUT2D eigenvalue weighted by molar-refractivity contribution is 5.87. The molecule has 2 N–H and O–H groups in total. The van der Waals surface area contributed by atoms with Crippen molar-refractivity contribution in [2.45, 2.75) is 51.6 Å². The van der Waals surface area contributed by atoms with Crippen molar-refractivity contribution in [3.8, 4) is 0 Å². The van der Waals surface area contributed by atoms with Gasteiger partial charge in [-0.05, 0) is 36.5 Å². The Morgan fingerprint density at radius 2 is 1.95 bits per heavy atom. The molecular weight excluding hydrogens is 238 g/mol. The highest BCUT2D eigenvalue weighted by atomic mass is 16.4. The second kappa shape index (κ2) is 6.71. The van der Waals surface area contributed by atoms with Gasteiger partial charge in [0.15, 0.2) is 0 Å². The van der Waals surface area contributed by atoms with E-state index < -0.39 is 5.97 Å². The van der Waals surface area contributed by atoms with Gasteiger partial charge in [-0.1, -0.05) is 38.3 Å². The van der Waals surface area contributed by atoms with Crippen molar-refractivity contribution >= 4 is 5.97 Å². The molecule has 2 rings (SSSR count). The molecule has 1 saturated carbocycles. The Labute approximate surface area is 115 Å². The van der Waals surface area contributed by atoms with Crippen molar-refractivity contribution in [1.82, 2.24) is 5.32 Å². The lowest BCUT2D eigenvalue weighted by atomic mass is 9.83. The fourth-order valence-corrected chi connectivity index (χ4v) is 2.98. The van der Waals surface area contributed by atoms with Crippen molar-refractivity contribution in [3.05, 3.63) is 35.4 Å². The quantitative estimate of drug-likeness (QED) is 0.853. The minimum atomic E-state index is -0.863. The Morgan fingerprint density at radius 3 is 2.58 bits per heavy atom. The molecule has 0 amide bonds. The van der Waals surface area contributed by atoms with E-state index in [9.17, 15) is 4.79 Å². The number of nitrogens with one attached hydrogen (secondary N) is 1. The predicted octanol–water partition coefficient (Wildman–Crippen LogP) is 3.44. The Kier molecular flexibility index (Phi) is 4.97. The van der Waals surface area contributed by atoms with Crippen LogP contribution in [0.15, 0.2) is 24.3 Å². The van der Waals surface area contributed by atoms with Crippen molar-refractivity contribution < 1.29 is 9.90 Å². The molecule has 1 aromatic rings. The zero-order valence-corrected chi connectivity index (χ0v) is 11.6. The first-order valence-electron chi connectivity index (χ1n) is 7.26. The van der Waals surface area contributed by atoms with Crippen LogP contribution >= 0.6 is 0 Å². The number of carboxylic acid groups (broad SMARTS) is 1. The molecule has 0 aliphatic heterocycles. The van der Waals surface area contributed by atoms with Crippen molar-refractivity contribution in [2.75, 3.05) is 0 Å². The van der Waals surface area contributed by atoms with Crippen LogP contribution in [0.3, 0.4) is 0 Å². The molecule has 1 fully saturated rings.